The molecule has 1 aromatic carbocycles. The van der Waals surface area contributed by atoms with Gasteiger partial charge in [-0.15, -0.1) is 0 Å². The Morgan fingerprint density at radius 1 is 1.03 bits per heavy atom. The number of nitrogens with one attached hydrogen (secondary N) is 2. The van der Waals surface area contributed by atoms with Crippen LogP contribution in [0.4, 0.5) is 30.6 Å². The molecule has 3 N–H and O–H groups in total. The van der Waals surface area contributed by atoms with Crippen molar-refractivity contribution in [1.82, 2.24) is 15.0 Å². The van der Waals surface area contributed by atoms with Crippen molar-refractivity contribution in [1.29, 1.82) is 0 Å². The molecule has 152 valence electrons. The number of pyridine rings is 1. The fraction of sp³-hybridized carbons (Fsp3) is 0.211. The van der Waals surface area contributed by atoms with Gasteiger partial charge in [0.2, 0.25) is 5.95 Å². The molecule has 3 rings (SSSR count). The van der Waals surface area contributed by atoms with E-state index in [9.17, 15) is 13.2 Å². The molecule has 2 aromatic heterocycles. The minimum atomic E-state index is -4.36. The van der Waals surface area contributed by atoms with E-state index < -0.39 is 5.51 Å². The lowest BCUT2D eigenvalue weighted by Gasteiger charge is -2.12. The summed E-state index contributed by atoms with van der Waals surface area (Å²) in [4.78, 5) is 12.9. The quantitative estimate of drug-likeness (QED) is 0.360. The van der Waals surface area contributed by atoms with Gasteiger partial charge in [-0.25, -0.2) is 4.98 Å². The van der Waals surface area contributed by atoms with E-state index in [2.05, 4.69) is 25.6 Å². The molecule has 0 aliphatic heterocycles. The van der Waals surface area contributed by atoms with Crippen LogP contribution in [0.5, 0.6) is 0 Å². The highest BCUT2D eigenvalue weighted by Crippen LogP contribution is 2.37. The highest BCUT2D eigenvalue weighted by Gasteiger charge is 2.29. The minimum Gasteiger partial charge on any atom is -0.396 e. The Kier molecular flexibility index (Phi) is 6.89. The molecular weight excluding hydrogens is 403 g/mol. The first-order valence-corrected chi connectivity index (χ1v) is 9.52. The Bertz CT molecular complexity index is 941. The number of hydrogen-bond acceptors (Lipinski definition) is 7. The largest absolute Gasteiger partial charge is 0.446 e. The van der Waals surface area contributed by atoms with E-state index in [1.165, 1.54) is 12.1 Å². The summed E-state index contributed by atoms with van der Waals surface area (Å²) >= 11 is -0.173. The first-order chi connectivity index (χ1) is 13.9. The van der Waals surface area contributed by atoms with E-state index in [4.69, 9.17) is 5.11 Å². The molecule has 0 fully saturated rings. The van der Waals surface area contributed by atoms with Gasteiger partial charge in [0.1, 0.15) is 5.82 Å². The Labute approximate surface area is 169 Å². The normalized spacial score (nSPS) is 11.3. The number of rotatable bonds is 8. The van der Waals surface area contributed by atoms with Crippen molar-refractivity contribution in [3.8, 4) is 11.3 Å². The number of thioether (sulfide) groups is 1. The van der Waals surface area contributed by atoms with Crippen LogP contribution in [-0.4, -0.2) is 38.7 Å². The zero-order valence-electron chi connectivity index (χ0n) is 15.1. The number of alkyl halides is 3. The van der Waals surface area contributed by atoms with Crippen LogP contribution in [0.25, 0.3) is 11.3 Å². The van der Waals surface area contributed by atoms with Crippen LogP contribution in [0, 0.1) is 0 Å². The minimum absolute atomic E-state index is 0.0335. The maximum absolute atomic E-state index is 12.6. The first kappa shape index (κ1) is 20.9. The van der Waals surface area contributed by atoms with Crippen molar-refractivity contribution in [2.75, 3.05) is 23.8 Å². The van der Waals surface area contributed by atoms with Crippen LogP contribution in [0.15, 0.2) is 59.8 Å². The topological polar surface area (TPSA) is 83.0 Å². The molecule has 0 amide bonds. The van der Waals surface area contributed by atoms with E-state index in [0.29, 0.717) is 36.1 Å². The van der Waals surface area contributed by atoms with Gasteiger partial charge in [-0.1, -0.05) is 6.07 Å². The van der Waals surface area contributed by atoms with Crippen LogP contribution in [-0.2, 0) is 0 Å². The molecule has 0 saturated heterocycles. The first-order valence-electron chi connectivity index (χ1n) is 8.70. The van der Waals surface area contributed by atoms with E-state index in [1.54, 1.807) is 42.7 Å². The van der Waals surface area contributed by atoms with Crippen LogP contribution in [0.2, 0.25) is 0 Å². The van der Waals surface area contributed by atoms with Crippen LogP contribution < -0.4 is 10.6 Å². The number of hydrogen-bond donors (Lipinski definition) is 3. The zero-order valence-corrected chi connectivity index (χ0v) is 16.0. The third-order valence-electron chi connectivity index (χ3n) is 3.66. The summed E-state index contributed by atoms with van der Waals surface area (Å²) in [5, 5.41) is 15.0. The van der Waals surface area contributed by atoms with Crippen LogP contribution in [0.3, 0.4) is 0 Å². The monoisotopic (exact) mass is 421 g/mol. The Morgan fingerprint density at radius 2 is 1.83 bits per heavy atom. The third kappa shape index (κ3) is 6.61. The molecule has 0 atom stereocenters. The number of aromatic nitrogens is 3. The third-order valence-corrected chi connectivity index (χ3v) is 4.38. The fourth-order valence-corrected chi connectivity index (χ4v) is 3.06. The molecule has 6 nitrogen and oxygen atoms in total. The highest BCUT2D eigenvalue weighted by atomic mass is 32.2. The second kappa shape index (κ2) is 9.57. The number of aliphatic hydroxyl groups is 1. The van der Waals surface area contributed by atoms with Crippen molar-refractivity contribution in [3.05, 3.63) is 54.9 Å². The van der Waals surface area contributed by atoms with Crippen molar-refractivity contribution < 1.29 is 18.3 Å². The molecule has 2 heterocycles. The summed E-state index contributed by atoms with van der Waals surface area (Å²) in [6.07, 6.45) is 3.81. The average molecular weight is 421 g/mol. The van der Waals surface area contributed by atoms with Gasteiger partial charge in [0, 0.05) is 47.8 Å². The molecule has 0 unspecified atom stereocenters. The lowest BCUT2D eigenvalue weighted by Crippen LogP contribution is -2.08. The zero-order chi connectivity index (χ0) is 20.7. The van der Waals surface area contributed by atoms with E-state index in [0.717, 1.165) is 5.56 Å². The highest BCUT2D eigenvalue weighted by molar-refractivity contribution is 8.00. The summed E-state index contributed by atoms with van der Waals surface area (Å²) in [6.45, 7) is 0.513. The van der Waals surface area contributed by atoms with E-state index >= 15 is 0 Å². The maximum atomic E-state index is 12.6. The van der Waals surface area contributed by atoms with Gasteiger partial charge in [-0.2, -0.15) is 18.2 Å². The SMILES string of the molecule is OCCCNc1nc(Nc2cccc(SC(F)(F)F)c2)cc(-c2ccncc2)n1. The lowest BCUT2D eigenvalue weighted by molar-refractivity contribution is -0.0328. The molecular formula is C19H18F3N5OS. The second-order valence-corrected chi connectivity index (χ2v) is 7.04. The van der Waals surface area contributed by atoms with Crippen molar-refractivity contribution >= 4 is 29.2 Å². The number of benzene rings is 1. The molecule has 0 spiro atoms. The number of anilines is 3. The predicted octanol–water partition coefficient (Wildman–Crippen LogP) is 4.69. The molecule has 0 aliphatic carbocycles. The van der Waals surface area contributed by atoms with Crippen LogP contribution in [0.1, 0.15) is 6.42 Å². The Morgan fingerprint density at radius 3 is 2.55 bits per heavy atom. The Hall–Kier alpha value is -2.85. The van der Waals surface area contributed by atoms with Crippen molar-refractivity contribution in [3.63, 3.8) is 0 Å². The standard InChI is InChI=1S/C19H18F3N5OS/c20-19(21,22)29-15-4-1-3-14(11-15)25-17-12-16(13-5-8-23-9-6-13)26-18(27-17)24-7-2-10-28/h1,3-6,8-9,11-12,28H,2,7,10H2,(H2,24,25,26,27). The molecule has 0 radical (unpaired) electrons. The maximum Gasteiger partial charge on any atom is 0.446 e. The van der Waals surface area contributed by atoms with Crippen molar-refractivity contribution in [2.45, 2.75) is 16.8 Å². The summed E-state index contributed by atoms with van der Waals surface area (Å²) in [6, 6.07) is 11.3. The van der Waals surface area contributed by atoms with Gasteiger partial charge in [0.05, 0.1) is 5.69 Å². The predicted molar refractivity (Wildman–Crippen MR) is 107 cm³/mol. The number of aliphatic hydroxyl groups excluding tert-OH is 1. The summed E-state index contributed by atoms with van der Waals surface area (Å²) in [5.74, 6) is 0.767. The molecule has 3 aromatic rings. The van der Waals surface area contributed by atoms with Gasteiger partial charge in [-0.3, -0.25) is 4.98 Å². The number of nitrogens with zero attached hydrogens (tertiary/aromatic N) is 3. The smallest absolute Gasteiger partial charge is 0.396 e. The lowest BCUT2D eigenvalue weighted by atomic mass is 10.2. The van der Waals surface area contributed by atoms with Gasteiger partial charge in [0.25, 0.3) is 0 Å². The number of halogens is 3. The van der Waals surface area contributed by atoms with Crippen LogP contribution >= 0.6 is 11.8 Å². The molecule has 0 bridgehead atoms. The summed E-state index contributed by atoms with van der Waals surface area (Å²) < 4.78 is 37.9. The summed E-state index contributed by atoms with van der Waals surface area (Å²) in [7, 11) is 0. The second-order valence-electron chi connectivity index (χ2n) is 5.90. The average Bonchev–Trinajstić information content (AvgIpc) is 2.68. The Balaban J connectivity index is 1.87. The molecule has 10 heteroatoms. The van der Waals surface area contributed by atoms with Gasteiger partial charge >= 0.3 is 5.51 Å². The van der Waals surface area contributed by atoms with E-state index in [-0.39, 0.29) is 23.3 Å². The van der Waals surface area contributed by atoms with Gasteiger partial charge < -0.3 is 15.7 Å². The van der Waals surface area contributed by atoms with Crippen molar-refractivity contribution in [2.24, 2.45) is 0 Å². The molecule has 29 heavy (non-hydrogen) atoms. The van der Waals surface area contributed by atoms with Gasteiger partial charge in [0.15, 0.2) is 0 Å². The molecule has 0 aliphatic rings. The van der Waals surface area contributed by atoms with Gasteiger partial charge in [-0.05, 0) is 48.5 Å². The molecule has 0 saturated carbocycles. The summed E-state index contributed by atoms with van der Waals surface area (Å²) in [5.41, 5.74) is -2.44. The van der Waals surface area contributed by atoms with E-state index in [1.807, 2.05) is 0 Å². The fourth-order valence-electron chi connectivity index (χ4n) is 2.46.